The maximum Gasteiger partial charge on any atom is 0.196 e. The average molecular weight is 272 g/mol. The van der Waals surface area contributed by atoms with Crippen molar-refractivity contribution >= 4 is 11.0 Å². The highest BCUT2D eigenvalue weighted by Gasteiger charge is 2.14. The van der Waals surface area contributed by atoms with E-state index in [9.17, 15) is 15.0 Å². The van der Waals surface area contributed by atoms with Gasteiger partial charge in [-0.25, -0.2) is 0 Å². The molecular weight excluding hydrogens is 256 g/mol. The summed E-state index contributed by atoms with van der Waals surface area (Å²) >= 11 is 0. The van der Waals surface area contributed by atoms with E-state index in [1.165, 1.54) is 24.5 Å². The molecule has 4 nitrogen and oxygen atoms in total. The molecule has 0 saturated carbocycles. The molecule has 0 saturated heterocycles. The third kappa shape index (κ3) is 2.74. The van der Waals surface area contributed by atoms with E-state index in [-0.39, 0.29) is 22.9 Å². The number of hydrogen-bond donors (Lipinski definition) is 2. The summed E-state index contributed by atoms with van der Waals surface area (Å²) in [6.45, 7) is 5.29. The zero-order valence-electron chi connectivity index (χ0n) is 11.2. The number of benzene rings is 1. The van der Waals surface area contributed by atoms with Crippen molar-refractivity contribution in [1.82, 2.24) is 0 Å². The van der Waals surface area contributed by atoms with Gasteiger partial charge in [0.2, 0.25) is 0 Å². The minimum Gasteiger partial charge on any atom is -0.513 e. The highest BCUT2D eigenvalue weighted by atomic mass is 16.3. The van der Waals surface area contributed by atoms with E-state index >= 15 is 0 Å². The summed E-state index contributed by atoms with van der Waals surface area (Å²) in [6, 6.07) is 4.39. The fraction of sp³-hybridized carbons (Fsp3) is 0.188. The molecule has 0 bridgehead atoms. The molecule has 0 aliphatic carbocycles. The van der Waals surface area contributed by atoms with Crippen molar-refractivity contribution < 1.29 is 14.6 Å². The van der Waals surface area contributed by atoms with Gasteiger partial charge in [0.25, 0.3) is 0 Å². The largest absolute Gasteiger partial charge is 0.513 e. The lowest BCUT2D eigenvalue weighted by atomic mass is 9.96. The van der Waals surface area contributed by atoms with Crippen LogP contribution in [0.3, 0.4) is 0 Å². The second kappa shape index (κ2) is 5.65. The second-order valence-corrected chi connectivity index (χ2v) is 4.62. The molecule has 0 radical (unpaired) electrons. The summed E-state index contributed by atoms with van der Waals surface area (Å²) in [5.74, 6) is 0.0195. The van der Waals surface area contributed by atoms with Gasteiger partial charge in [-0.1, -0.05) is 6.08 Å². The fourth-order valence-electron chi connectivity index (χ4n) is 2.04. The summed E-state index contributed by atoms with van der Waals surface area (Å²) in [6.07, 6.45) is 5.14. The molecule has 2 aromatic rings. The van der Waals surface area contributed by atoms with Gasteiger partial charge in [-0.3, -0.25) is 4.79 Å². The number of aromatic hydroxyl groups is 1. The van der Waals surface area contributed by atoms with Crippen molar-refractivity contribution in [3.63, 3.8) is 0 Å². The standard InChI is InChI=1S/C16H16O4/c1-3-11(5-4-10(2)17)14-9-20-15-8-12(18)6-7-13(15)16(14)19/h3-4,6-9,11,17-18H,1,5H2,2H3/b10-4+/t11-/m1/s1. The first-order valence-corrected chi connectivity index (χ1v) is 6.25. The molecule has 20 heavy (non-hydrogen) atoms. The van der Waals surface area contributed by atoms with Crippen molar-refractivity contribution in [2.45, 2.75) is 19.3 Å². The SMILES string of the molecule is C=C[C@H](C/C=C(\C)O)c1coc2cc(O)ccc2c1=O. The molecule has 0 spiro atoms. The van der Waals surface area contributed by atoms with Crippen molar-refractivity contribution in [1.29, 1.82) is 0 Å². The highest BCUT2D eigenvalue weighted by Crippen LogP contribution is 2.23. The highest BCUT2D eigenvalue weighted by molar-refractivity contribution is 5.78. The Morgan fingerprint density at radius 3 is 2.90 bits per heavy atom. The van der Waals surface area contributed by atoms with Gasteiger partial charge in [0.1, 0.15) is 11.3 Å². The Morgan fingerprint density at radius 1 is 1.50 bits per heavy atom. The van der Waals surface area contributed by atoms with Gasteiger partial charge < -0.3 is 14.6 Å². The molecule has 0 fully saturated rings. The van der Waals surface area contributed by atoms with Crippen molar-refractivity contribution in [3.05, 3.63) is 64.7 Å². The number of allylic oxidation sites excluding steroid dienone is 3. The minimum absolute atomic E-state index is 0.0486. The number of phenolic OH excluding ortho intramolecular Hbond substituents is 1. The van der Waals surface area contributed by atoms with E-state index in [4.69, 9.17) is 4.42 Å². The molecule has 0 amide bonds. The van der Waals surface area contributed by atoms with E-state index < -0.39 is 0 Å². The molecule has 1 aromatic carbocycles. The van der Waals surface area contributed by atoms with Crippen LogP contribution < -0.4 is 5.43 Å². The van der Waals surface area contributed by atoms with Crippen LogP contribution in [0.1, 0.15) is 24.8 Å². The molecule has 1 aromatic heterocycles. The van der Waals surface area contributed by atoms with E-state index in [1.807, 2.05) is 0 Å². The summed E-state index contributed by atoms with van der Waals surface area (Å²) < 4.78 is 5.40. The molecule has 2 N–H and O–H groups in total. The van der Waals surface area contributed by atoms with Crippen LogP contribution >= 0.6 is 0 Å². The van der Waals surface area contributed by atoms with Crippen LogP contribution in [0.5, 0.6) is 5.75 Å². The zero-order valence-corrected chi connectivity index (χ0v) is 11.2. The van der Waals surface area contributed by atoms with Crippen molar-refractivity contribution in [2.24, 2.45) is 0 Å². The maximum atomic E-state index is 12.4. The maximum absolute atomic E-state index is 12.4. The van der Waals surface area contributed by atoms with Crippen LogP contribution in [-0.2, 0) is 0 Å². The summed E-state index contributed by atoms with van der Waals surface area (Å²) in [5, 5.41) is 19.0. The molecule has 1 atom stereocenters. The summed E-state index contributed by atoms with van der Waals surface area (Å²) in [4.78, 5) is 12.4. The lowest BCUT2D eigenvalue weighted by molar-refractivity contribution is 0.410. The van der Waals surface area contributed by atoms with Crippen molar-refractivity contribution in [2.75, 3.05) is 0 Å². The smallest absolute Gasteiger partial charge is 0.196 e. The minimum atomic E-state index is -0.230. The molecule has 4 heteroatoms. The Kier molecular flexibility index (Phi) is 3.94. The summed E-state index contributed by atoms with van der Waals surface area (Å²) in [7, 11) is 0. The Morgan fingerprint density at radius 2 is 2.25 bits per heavy atom. The van der Waals surface area contributed by atoms with E-state index in [0.717, 1.165) is 0 Å². The van der Waals surface area contributed by atoms with Crippen LogP contribution in [0.2, 0.25) is 0 Å². The Hall–Kier alpha value is -2.49. The molecular formula is C16H16O4. The first-order chi connectivity index (χ1) is 9.52. The first-order valence-electron chi connectivity index (χ1n) is 6.25. The number of phenols is 1. The lowest BCUT2D eigenvalue weighted by Gasteiger charge is -2.10. The number of rotatable bonds is 4. The molecule has 0 aliphatic heterocycles. The Bertz CT molecular complexity index is 721. The topological polar surface area (TPSA) is 70.7 Å². The van der Waals surface area contributed by atoms with Gasteiger partial charge >= 0.3 is 0 Å². The predicted molar refractivity (Wildman–Crippen MR) is 78.1 cm³/mol. The van der Waals surface area contributed by atoms with Gasteiger partial charge in [-0.05, 0) is 31.6 Å². The number of hydrogen-bond acceptors (Lipinski definition) is 4. The monoisotopic (exact) mass is 272 g/mol. The van der Waals surface area contributed by atoms with Crippen LogP contribution in [0.15, 0.2) is 58.2 Å². The quantitative estimate of drug-likeness (QED) is 0.658. The van der Waals surface area contributed by atoms with Gasteiger partial charge in [0.15, 0.2) is 5.43 Å². The van der Waals surface area contributed by atoms with Crippen LogP contribution in [0.25, 0.3) is 11.0 Å². The first kappa shape index (κ1) is 13.9. The Labute approximate surface area is 116 Å². The predicted octanol–water partition coefficient (Wildman–Crippen LogP) is 3.62. The number of aliphatic hydroxyl groups excluding tert-OH is 1. The number of aliphatic hydroxyl groups is 1. The van der Waals surface area contributed by atoms with Crippen LogP contribution in [0, 0.1) is 0 Å². The van der Waals surface area contributed by atoms with E-state index in [2.05, 4.69) is 6.58 Å². The fourth-order valence-corrected chi connectivity index (χ4v) is 2.04. The molecule has 2 rings (SSSR count). The molecule has 104 valence electrons. The van der Waals surface area contributed by atoms with Crippen LogP contribution in [-0.4, -0.2) is 10.2 Å². The van der Waals surface area contributed by atoms with Gasteiger partial charge in [-0.15, -0.1) is 6.58 Å². The second-order valence-electron chi connectivity index (χ2n) is 4.62. The number of fused-ring (bicyclic) bond motifs is 1. The molecule has 1 heterocycles. The third-order valence-electron chi connectivity index (χ3n) is 3.14. The van der Waals surface area contributed by atoms with E-state index in [1.54, 1.807) is 19.1 Å². The van der Waals surface area contributed by atoms with Crippen LogP contribution in [0.4, 0.5) is 0 Å². The summed E-state index contributed by atoms with van der Waals surface area (Å²) in [5.41, 5.74) is 0.672. The normalized spacial score (nSPS) is 13.3. The average Bonchev–Trinajstić information content (AvgIpc) is 2.41. The zero-order chi connectivity index (χ0) is 14.7. The molecule has 0 unspecified atom stereocenters. The Balaban J connectivity index is 2.51. The lowest BCUT2D eigenvalue weighted by Crippen LogP contribution is -2.12. The van der Waals surface area contributed by atoms with E-state index in [0.29, 0.717) is 23.0 Å². The molecule has 0 aliphatic rings. The third-order valence-corrected chi connectivity index (χ3v) is 3.14. The van der Waals surface area contributed by atoms with Crippen molar-refractivity contribution in [3.8, 4) is 5.75 Å². The van der Waals surface area contributed by atoms with Gasteiger partial charge in [0, 0.05) is 17.5 Å². The van der Waals surface area contributed by atoms with Gasteiger partial charge in [0.05, 0.1) is 17.4 Å². The van der Waals surface area contributed by atoms with Gasteiger partial charge in [-0.2, -0.15) is 0 Å².